The van der Waals surface area contributed by atoms with E-state index in [0.717, 1.165) is 34.7 Å². The number of pyridine rings is 1. The first-order valence-corrected chi connectivity index (χ1v) is 9.08. The maximum atomic E-state index is 6.18. The van der Waals surface area contributed by atoms with Gasteiger partial charge in [0.15, 0.2) is 0 Å². The fraction of sp³-hybridized carbons (Fsp3) is 0.130. The minimum absolute atomic E-state index is 0.528. The Morgan fingerprint density at radius 3 is 2.56 bits per heavy atom. The van der Waals surface area contributed by atoms with Crippen LogP contribution < -0.4 is 4.74 Å². The maximum absolute atomic E-state index is 6.18. The van der Waals surface area contributed by atoms with Crippen molar-refractivity contribution in [3.63, 3.8) is 0 Å². The first-order chi connectivity index (χ1) is 13.3. The molecule has 2 heterocycles. The van der Waals surface area contributed by atoms with Crippen LogP contribution in [0.5, 0.6) is 5.75 Å². The number of imidazole rings is 1. The minimum atomic E-state index is 0.528. The van der Waals surface area contributed by atoms with Gasteiger partial charge >= 0.3 is 0 Å². The van der Waals surface area contributed by atoms with Crippen LogP contribution in [-0.2, 0) is 13.0 Å². The molecule has 0 unspecified atom stereocenters. The van der Waals surface area contributed by atoms with Crippen molar-refractivity contribution in [3.05, 3.63) is 96.7 Å². The van der Waals surface area contributed by atoms with E-state index in [4.69, 9.17) is 4.74 Å². The van der Waals surface area contributed by atoms with Crippen molar-refractivity contribution in [2.75, 3.05) is 0 Å². The molecule has 0 atom stereocenters. The molecule has 2 aromatic heterocycles. The van der Waals surface area contributed by atoms with Gasteiger partial charge in [-0.3, -0.25) is 9.55 Å². The van der Waals surface area contributed by atoms with E-state index >= 15 is 0 Å². The Hall–Kier alpha value is -3.40. The molecular weight excluding hydrogens is 334 g/mol. The second-order valence-electron chi connectivity index (χ2n) is 6.32. The summed E-state index contributed by atoms with van der Waals surface area (Å²) in [6, 6.07) is 20.5. The summed E-state index contributed by atoms with van der Waals surface area (Å²) in [6.45, 7) is 2.68. The van der Waals surface area contributed by atoms with E-state index < -0.39 is 0 Å². The van der Waals surface area contributed by atoms with Gasteiger partial charge in [-0.25, -0.2) is 4.98 Å². The molecule has 0 aliphatic heterocycles. The molecule has 134 valence electrons. The van der Waals surface area contributed by atoms with E-state index in [-0.39, 0.29) is 0 Å². The molecule has 0 bridgehead atoms. The molecule has 2 aromatic carbocycles. The zero-order valence-electron chi connectivity index (χ0n) is 15.2. The molecule has 0 N–H and O–H groups in total. The van der Waals surface area contributed by atoms with E-state index in [0.29, 0.717) is 6.61 Å². The number of ether oxygens (including phenoxy) is 1. The third kappa shape index (κ3) is 3.75. The van der Waals surface area contributed by atoms with E-state index in [1.807, 2.05) is 53.6 Å². The van der Waals surface area contributed by atoms with Crippen LogP contribution in [0.4, 0.5) is 0 Å². The summed E-state index contributed by atoms with van der Waals surface area (Å²) in [5, 5.41) is 0. The van der Waals surface area contributed by atoms with Crippen molar-refractivity contribution in [1.29, 1.82) is 0 Å². The number of rotatable bonds is 6. The van der Waals surface area contributed by atoms with Gasteiger partial charge in [-0.2, -0.15) is 0 Å². The molecule has 0 amide bonds. The minimum Gasteiger partial charge on any atom is -0.488 e. The van der Waals surface area contributed by atoms with Crippen LogP contribution in [0.2, 0.25) is 0 Å². The van der Waals surface area contributed by atoms with Crippen molar-refractivity contribution in [3.8, 4) is 22.7 Å². The second kappa shape index (κ2) is 7.87. The number of hydrogen-bond donors (Lipinski definition) is 0. The average Bonchev–Trinajstić information content (AvgIpc) is 3.23. The fourth-order valence-corrected chi connectivity index (χ4v) is 3.05. The largest absolute Gasteiger partial charge is 0.488 e. The third-order valence-corrected chi connectivity index (χ3v) is 4.53. The lowest BCUT2D eigenvalue weighted by Gasteiger charge is -2.15. The Kier molecular flexibility index (Phi) is 4.97. The lowest BCUT2D eigenvalue weighted by molar-refractivity contribution is 0.307. The normalized spacial score (nSPS) is 10.7. The second-order valence-corrected chi connectivity index (χ2v) is 6.32. The number of aryl methyl sites for hydroxylation is 1. The molecule has 0 fully saturated rings. The third-order valence-electron chi connectivity index (χ3n) is 4.53. The predicted octanol–water partition coefficient (Wildman–Crippen LogP) is 5.08. The number of nitrogens with zero attached hydrogens (tertiary/aromatic N) is 3. The molecular formula is C23H21N3O. The van der Waals surface area contributed by atoms with Gasteiger partial charge in [0.1, 0.15) is 12.4 Å². The van der Waals surface area contributed by atoms with Crippen LogP contribution in [-0.4, -0.2) is 14.5 Å². The molecule has 0 saturated carbocycles. The van der Waals surface area contributed by atoms with Crippen LogP contribution in [0, 0.1) is 0 Å². The van der Waals surface area contributed by atoms with Crippen molar-refractivity contribution in [1.82, 2.24) is 14.5 Å². The van der Waals surface area contributed by atoms with Crippen molar-refractivity contribution in [2.45, 2.75) is 20.0 Å². The molecule has 0 spiro atoms. The monoisotopic (exact) mass is 355 g/mol. The van der Waals surface area contributed by atoms with Crippen LogP contribution in [0.15, 0.2) is 85.6 Å². The lowest BCUT2D eigenvalue weighted by atomic mass is 10.1. The number of hydrogen-bond acceptors (Lipinski definition) is 3. The zero-order valence-corrected chi connectivity index (χ0v) is 15.2. The van der Waals surface area contributed by atoms with Gasteiger partial charge in [0.2, 0.25) is 0 Å². The summed E-state index contributed by atoms with van der Waals surface area (Å²) in [5.41, 5.74) is 5.40. The van der Waals surface area contributed by atoms with Crippen LogP contribution in [0.25, 0.3) is 16.9 Å². The van der Waals surface area contributed by atoms with Gasteiger partial charge < -0.3 is 4.74 Å². The Morgan fingerprint density at radius 2 is 1.78 bits per heavy atom. The molecule has 0 aliphatic carbocycles. The molecule has 4 nitrogen and oxygen atoms in total. The molecule has 0 radical (unpaired) electrons. The summed E-state index contributed by atoms with van der Waals surface area (Å²) in [4.78, 5) is 8.60. The molecule has 4 rings (SSSR count). The van der Waals surface area contributed by atoms with Gasteiger partial charge in [-0.05, 0) is 41.8 Å². The summed E-state index contributed by atoms with van der Waals surface area (Å²) in [7, 11) is 0. The Bertz CT molecular complexity index is 1010. The van der Waals surface area contributed by atoms with Crippen LogP contribution in [0.3, 0.4) is 0 Å². The van der Waals surface area contributed by atoms with Gasteiger partial charge in [0.25, 0.3) is 0 Å². The Balaban J connectivity index is 1.73. The average molecular weight is 355 g/mol. The highest BCUT2D eigenvalue weighted by molar-refractivity contribution is 5.69. The standard InChI is InChI=1S/C23H21N3O/c1-2-18-10-11-23(27-16-19-7-4-3-5-8-19)21(13-18)22-15-25-17-26(22)20-9-6-12-24-14-20/h3-15,17H,2,16H2,1H3. The summed E-state index contributed by atoms with van der Waals surface area (Å²) in [5.74, 6) is 0.849. The zero-order chi connectivity index (χ0) is 18.5. The Morgan fingerprint density at radius 1 is 0.889 bits per heavy atom. The fourth-order valence-electron chi connectivity index (χ4n) is 3.05. The summed E-state index contributed by atoms with van der Waals surface area (Å²) in [6.07, 6.45) is 8.25. The van der Waals surface area contributed by atoms with Crippen LogP contribution in [0.1, 0.15) is 18.1 Å². The van der Waals surface area contributed by atoms with Gasteiger partial charge in [0, 0.05) is 11.8 Å². The highest BCUT2D eigenvalue weighted by Crippen LogP contribution is 2.33. The summed E-state index contributed by atoms with van der Waals surface area (Å²) >= 11 is 0. The highest BCUT2D eigenvalue weighted by Gasteiger charge is 2.13. The first-order valence-electron chi connectivity index (χ1n) is 9.08. The van der Waals surface area contributed by atoms with E-state index in [2.05, 4.69) is 47.2 Å². The van der Waals surface area contributed by atoms with Gasteiger partial charge in [0.05, 0.1) is 30.1 Å². The Labute approximate surface area is 159 Å². The van der Waals surface area contributed by atoms with E-state index in [9.17, 15) is 0 Å². The molecule has 4 aromatic rings. The van der Waals surface area contributed by atoms with Crippen LogP contribution >= 0.6 is 0 Å². The van der Waals surface area contributed by atoms with Gasteiger partial charge in [-0.1, -0.05) is 43.3 Å². The predicted molar refractivity (Wildman–Crippen MR) is 107 cm³/mol. The number of aromatic nitrogens is 3. The highest BCUT2D eigenvalue weighted by atomic mass is 16.5. The maximum Gasteiger partial charge on any atom is 0.129 e. The topological polar surface area (TPSA) is 39.9 Å². The van der Waals surface area contributed by atoms with Crippen molar-refractivity contribution in [2.24, 2.45) is 0 Å². The SMILES string of the molecule is CCc1ccc(OCc2ccccc2)c(-c2cncn2-c2cccnc2)c1. The van der Waals surface area contributed by atoms with Crippen molar-refractivity contribution >= 4 is 0 Å². The molecule has 0 aliphatic rings. The van der Waals surface area contributed by atoms with Gasteiger partial charge in [-0.15, -0.1) is 0 Å². The smallest absolute Gasteiger partial charge is 0.129 e. The molecule has 4 heteroatoms. The van der Waals surface area contributed by atoms with Crippen molar-refractivity contribution < 1.29 is 4.74 Å². The summed E-state index contributed by atoms with van der Waals surface area (Å²) < 4.78 is 8.22. The molecule has 27 heavy (non-hydrogen) atoms. The van der Waals surface area contributed by atoms with E-state index in [1.165, 1.54) is 5.56 Å². The molecule has 0 saturated heterocycles. The first kappa shape index (κ1) is 17.0. The van der Waals surface area contributed by atoms with E-state index in [1.54, 1.807) is 6.20 Å². The quantitative estimate of drug-likeness (QED) is 0.484. The number of benzene rings is 2. The lowest BCUT2D eigenvalue weighted by Crippen LogP contribution is -2.01.